The van der Waals surface area contributed by atoms with E-state index in [1.807, 2.05) is 46.5 Å². The van der Waals surface area contributed by atoms with Crippen LogP contribution in [0, 0.1) is 0 Å². The molecule has 0 radical (unpaired) electrons. The molecule has 1 unspecified atom stereocenters. The summed E-state index contributed by atoms with van der Waals surface area (Å²) in [7, 11) is 0. The minimum atomic E-state index is -0.965. The summed E-state index contributed by atoms with van der Waals surface area (Å²) in [6, 6.07) is 11.6. The van der Waals surface area contributed by atoms with Crippen LogP contribution < -0.4 is 5.32 Å². The SMILES string of the molecule is CC(O)(CNC(=O)c1ccc(-c2ccsc2)cc1)Cc1ccsc1. The summed E-state index contributed by atoms with van der Waals surface area (Å²) in [4.78, 5) is 12.3. The smallest absolute Gasteiger partial charge is 0.251 e. The molecule has 0 fully saturated rings. The van der Waals surface area contributed by atoms with E-state index < -0.39 is 5.60 Å². The van der Waals surface area contributed by atoms with Crippen LogP contribution in [0.1, 0.15) is 22.8 Å². The van der Waals surface area contributed by atoms with Gasteiger partial charge in [-0.3, -0.25) is 4.79 Å². The van der Waals surface area contributed by atoms with Gasteiger partial charge in [0.1, 0.15) is 0 Å². The van der Waals surface area contributed by atoms with Crippen LogP contribution in [-0.4, -0.2) is 23.2 Å². The summed E-state index contributed by atoms with van der Waals surface area (Å²) in [6.45, 7) is 1.96. The predicted octanol–water partition coefficient (Wildman–Crippen LogP) is 4.20. The van der Waals surface area contributed by atoms with Gasteiger partial charge in [-0.2, -0.15) is 22.7 Å². The van der Waals surface area contributed by atoms with Crippen LogP contribution in [0.15, 0.2) is 57.9 Å². The fourth-order valence-corrected chi connectivity index (χ4v) is 3.84. The molecule has 1 amide bonds. The van der Waals surface area contributed by atoms with E-state index in [1.165, 1.54) is 0 Å². The zero-order valence-corrected chi connectivity index (χ0v) is 15.0. The molecule has 0 saturated carbocycles. The third kappa shape index (κ3) is 4.32. The van der Waals surface area contributed by atoms with Crippen molar-refractivity contribution in [2.24, 2.45) is 0 Å². The summed E-state index contributed by atoms with van der Waals surface area (Å²) < 4.78 is 0. The largest absolute Gasteiger partial charge is 0.388 e. The second-order valence-electron chi connectivity index (χ2n) is 6.08. The number of carbonyl (C=O) groups excluding carboxylic acids is 1. The summed E-state index contributed by atoms with van der Waals surface area (Å²) in [5, 5.41) is 21.4. The molecule has 5 heteroatoms. The molecule has 0 aliphatic heterocycles. The third-order valence-corrected chi connectivity index (χ3v) is 5.21. The van der Waals surface area contributed by atoms with Gasteiger partial charge in [0.05, 0.1) is 5.60 Å². The Kier molecular flexibility index (Phi) is 5.14. The maximum absolute atomic E-state index is 12.3. The van der Waals surface area contributed by atoms with Gasteiger partial charge in [0.15, 0.2) is 0 Å². The van der Waals surface area contributed by atoms with E-state index in [0.717, 1.165) is 16.7 Å². The van der Waals surface area contributed by atoms with E-state index in [1.54, 1.807) is 29.6 Å². The molecule has 0 spiro atoms. The van der Waals surface area contributed by atoms with Crippen molar-refractivity contribution in [1.82, 2.24) is 5.32 Å². The normalized spacial score (nSPS) is 13.4. The number of amides is 1. The highest BCUT2D eigenvalue weighted by Gasteiger charge is 2.22. The van der Waals surface area contributed by atoms with Crippen molar-refractivity contribution in [1.29, 1.82) is 0 Å². The number of benzene rings is 1. The summed E-state index contributed by atoms with van der Waals surface area (Å²) in [6.07, 6.45) is 0.522. The molecule has 2 aromatic heterocycles. The molecule has 1 atom stereocenters. The van der Waals surface area contributed by atoms with Crippen molar-refractivity contribution in [2.45, 2.75) is 18.9 Å². The molecule has 24 heavy (non-hydrogen) atoms. The first-order chi connectivity index (χ1) is 11.5. The van der Waals surface area contributed by atoms with E-state index in [-0.39, 0.29) is 12.5 Å². The van der Waals surface area contributed by atoms with Crippen LogP contribution in [0.5, 0.6) is 0 Å². The van der Waals surface area contributed by atoms with Gasteiger partial charge < -0.3 is 10.4 Å². The van der Waals surface area contributed by atoms with Crippen LogP contribution in [0.4, 0.5) is 0 Å². The first-order valence-corrected chi connectivity index (χ1v) is 9.56. The number of hydrogen-bond donors (Lipinski definition) is 2. The number of carbonyl (C=O) groups is 1. The lowest BCUT2D eigenvalue weighted by atomic mass is 9.98. The third-order valence-electron chi connectivity index (χ3n) is 3.80. The van der Waals surface area contributed by atoms with Gasteiger partial charge in [-0.1, -0.05) is 12.1 Å². The highest BCUT2D eigenvalue weighted by molar-refractivity contribution is 7.08. The van der Waals surface area contributed by atoms with Crippen LogP contribution in [0.2, 0.25) is 0 Å². The van der Waals surface area contributed by atoms with Crippen LogP contribution in [0.3, 0.4) is 0 Å². The van der Waals surface area contributed by atoms with E-state index in [0.29, 0.717) is 12.0 Å². The summed E-state index contributed by atoms with van der Waals surface area (Å²) >= 11 is 3.25. The van der Waals surface area contributed by atoms with E-state index in [4.69, 9.17) is 0 Å². The first-order valence-electron chi connectivity index (χ1n) is 7.68. The average Bonchev–Trinajstić information content (AvgIpc) is 3.26. The molecule has 0 aliphatic carbocycles. The van der Waals surface area contributed by atoms with Gasteiger partial charge in [0.2, 0.25) is 0 Å². The fourth-order valence-electron chi connectivity index (χ4n) is 2.51. The van der Waals surface area contributed by atoms with Crippen molar-refractivity contribution in [3.05, 3.63) is 69.0 Å². The second kappa shape index (κ2) is 7.30. The van der Waals surface area contributed by atoms with E-state index in [9.17, 15) is 9.90 Å². The van der Waals surface area contributed by atoms with Crippen LogP contribution >= 0.6 is 22.7 Å². The zero-order valence-electron chi connectivity index (χ0n) is 13.4. The molecular formula is C19H19NO2S2. The fraction of sp³-hybridized carbons (Fsp3) is 0.211. The molecule has 3 nitrogen and oxygen atoms in total. The Hall–Kier alpha value is -1.95. The number of nitrogens with one attached hydrogen (secondary N) is 1. The highest BCUT2D eigenvalue weighted by Crippen LogP contribution is 2.22. The Morgan fingerprint density at radius 1 is 1.04 bits per heavy atom. The minimum Gasteiger partial charge on any atom is -0.388 e. The molecule has 0 aliphatic rings. The molecule has 2 N–H and O–H groups in total. The molecule has 124 valence electrons. The summed E-state index contributed by atoms with van der Waals surface area (Å²) in [5.41, 5.74) is 2.97. The maximum Gasteiger partial charge on any atom is 0.251 e. The standard InChI is InChI=1S/C19H19NO2S2/c1-19(22,10-14-6-8-23-11-14)13-20-18(21)16-4-2-15(3-5-16)17-7-9-24-12-17/h2-9,11-12,22H,10,13H2,1H3,(H,20,21). The Labute approximate surface area is 149 Å². The molecule has 3 aromatic rings. The van der Waals surface area contributed by atoms with Gasteiger partial charge in [0, 0.05) is 18.5 Å². The second-order valence-corrected chi connectivity index (χ2v) is 7.64. The molecule has 0 bridgehead atoms. The maximum atomic E-state index is 12.3. The molecule has 0 saturated heterocycles. The van der Waals surface area contributed by atoms with Gasteiger partial charge in [0.25, 0.3) is 5.91 Å². The van der Waals surface area contributed by atoms with E-state index in [2.05, 4.69) is 16.8 Å². The molecule has 1 aromatic carbocycles. The predicted molar refractivity (Wildman–Crippen MR) is 101 cm³/mol. The number of aliphatic hydroxyl groups is 1. The molecule has 3 rings (SSSR count). The van der Waals surface area contributed by atoms with Crippen molar-refractivity contribution in [2.75, 3.05) is 6.54 Å². The van der Waals surface area contributed by atoms with Gasteiger partial charge in [-0.15, -0.1) is 0 Å². The van der Waals surface area contributed by atoms with Crippen molar-refractivity contribution in [3.8, 4) is 11.1 Å². The monoisotopic (exact) mass is 357 g/mol. The van der Waals surface area contributed by atoms with E-state index >= 15 is 0 Å². The van der Waals surface area contributed by atoms with Crippen molar-refractivity contribution >= 4 is 28.6 Å². The molecule has 2 heterocycles. The lowest BCUT2D eigenvalue weighted by Crippen LogP contribution is -2.42. The van der Waals surface area contributed by atoms with Crippen LogP contribution in [0.25, 0.3) is 11.1 Å². The van der Waals surface area contributed by atoms with Crippen molar-refractivity contribution < 1.29 is 9.90 Å². The average molecular weight is 358 g/mol. The topological polar surface area (TPSA) is 49.3 Å². The Bertz CT molecular complexity index is 775. The van der Waals surface area contributed by atoms with Gasteiger partial charge >= 0.3 is 0 Å². The van der Waals surface area contributed by atoms with Gasteiger partial charge in [-0.05, 0) is 69.4 Å². The quantitative estimate of drug-likeness (QED) is 0.695. The lowest BCUT2D eigenvalue weighted by molar-refractivity contribution is 0.0553. The number of thiophene rings is 2. The Morgan fingerprint density at radius 2 is 1.75 bits per heavy atom. The summed E-state index contributed by atoms with van der Waals surface area (Å²) in [5.74, 6) is -0.169. The van der Waals surface area contributed by atoms with Crippen molar-refractivity contribution in [3.63, 3.8) is 0 Å². The lowest BCUT2D eigenvalue weighted by Gasteiger charge is -2.23. The molecular weight excluding hydrogens is 338 g/mol. The number of hydrogen-bond acceptors (Lipinski definition) is 4. The first kappa shape index (κ1) is 16.9. The van der Waals surface area contributed by atoms with Gasteiger partial charge in [-0.25, -0.2) is 0 Å². The highest BCUT2D eigenvalue weighted by atomic mass is 32.1. The Morgan fingerprint density at radius 3 is 2.38 bits per heavy atom. The zero-order chi connectivity index (χ0) is 17.0. The minimum absolute atomic E-state index is 0.169. The number of rotatable bonds is 6. The Balaban J connectivity index is 1.58. The van der Waals surface area contributed by atoms with Crippen LogP contribution in [-0.2, 0) is 6.42 Å².